The van der Waals surface area contributed by atoms with Gasteiger partial charge >= 0.3 is 5.97 Å². The van der Waals surface area contributed by atoms with Crippen molar-refractivity contribution in [3.05, 3.63) is 52.5 Å². The quantitative estimate of drug-likeness (QED) is 0.255. The first-order chi connectivity index (χ1) is 17.8. The molecule has 0 aliphatic carbocycles. The minimum atomic E-state index is -3.91. The Balaban J connectivity index is 1.66. The average molecular weight is 602 g/mol. The van der Waals surface area contributed by atoms with Crippen molar-refractivity contribution >= 4 is 47.3 Å². The van der Waals surface area contributed by atoms with E-state index >= 15 is 0 Å². The summed E-state index contributed by atoms with van der Waals surface area (Å²) < 4.78 is 47.9. The lowest BCUT2D eigenvalue weighted by atomic mass is 10.0. The Bertz CT molecular complexity index is 1460. The number of carboxylic acid groups (broad SMARTS) is 1. The molecule has 3 aromatic rings. The Morgan fingerprint density at radius 2 is 1.92 bits per heavy atom. The highest BCUT2D eigenvalue weighted by Gasteiger charge is 2.40. The molecule has 0 atom stereocenters. The highest BCUT2D eigenvalue weighted by Crippen LogP contribution is 2.38. The van der Waals surface area contributed by atoms with Crippen molar-refractivity contribution in [1.29, 1.82) is 0 Å². The zero-order chi connectivity index (χ0) is 27.8. The molecule has 1 saturated heterocycles. The molecule has 0 amide bonds. The Morgan fingerprint density at radius 1 is 1.21 bits per heavy atom. The molecule has 0 radical (unpaired) electrons. The van der Waals surface area contributed by atoms with E-state index in [0.29, 0.717) is 23.7 Å². The molecule has 38 heavy (non-hydrogen) atoms. The number of imidazole rings is 1. The van der Waals surface area contributed by atoms with E-state index in [-0.39, 0.29) is 40.6 Å². The molecule has 3 heterocycles. The van der Waals surface area contributed by atoms with Crippen LogP contribution in [0.5, 0.6) is 0 Å². The van der Waals surface area contributed by atoms with E-state index < -0.39 is 35.8 Å². The first-order valence-corrected chi connectivity index (χ1v) is 17.7. The van der Waals surface area contributed by atoms with Gasteiger partial charge < -0.3 is 9.84 Å². The first-order valence-electron chi connectivity index (χ1n) is 11.8. The van der Waals surface area contributed by atoms with Crippen LogP contribution in [0.15, 0.2) is 41.4 Å². The van der Waals surface area contributed by atoms with Crippen LogP contribution in [0.1, 0.15) is 0 Å². The highest BCUT2D eigenvalue weighted by atomic mass is 35.5. The van der Waals surface area contributed by atoms with Crippen molar-refractivity contribution in [2.75, 3.05) is 19.7 Å². The fourth-order valence-electron chi connectivity index (χ4n) is 3.75. The van der Waals surface area contributed by atoms with Gasteiger partial charge in [0.05, 0.1) is 22.0 Å². The third kappa shape index (κ3) is 6.10. The number of ether oxygens (including phenoxy) is 1. The first kappa shape index (κ1) is 28.6. The summed E-state index contributed by atoms with van der Waals surface area (Å²) in [4.78, 5) is 19.7. The van der Waals surface area contributed by atoms with Crippen LogP contribution in [0, 0.1) is 11.7 Å². The smallest absolute Gasteiger partial charge is 0.309 e. The summed E-state index contributed by atoms with van der Waals surface area (Å²) in [5, 5.41) is 9.34. The number of hydrogen-bond acceptors (Lipinski definition) is 6. The molecule has 204 valence electrons. The van der Waals surface area contributed by atoms with Crippen molar-refractivity contribution in [1.82, 2.24) is 18.8 Å². The number of benzene rings is 1. The third-order valence-electron chi connectivity index (χ3n) is 6.11. The number of carbonyl (C=O) groups is 1. The Morgan fingerprint density at radius 3 is 2.50 bits per heavy atom. The Labute approximate surface area is 231 Å². The standard InChI is InChI=1S/C24H27Cl2FN4O5SSi/c1-38(2,3)9-8-36-14-31-22(26)21(29-23(31)20-7-4-16(27)11-28-20)18-6-5-17(10-19(18)25)37(34,35)30-12-15(13-30)24(32)33/h4-7,10-11,15H,8-9,12-14H2,1-3H3,(H,32,33). The molecule has 1 aliphatic rings. The van der Waals surface area contributed by atoms with Crippen LogP contribution in [0.3, 0.4) is 0 Å². The van der Waals surface area contributed by atoms with Gasteiger partial charge in [-0.1, -0.05) is 42.8 Å². The number of pyridine rings is 1. The SMILES string of the molecule is C[Si](C)(C)CCOCn1c(-c2ccc(F)cn2)nc(-c2ccc(S(=O)(=O)N3CC(C(=O)O)C3)cc2Cl)c1Cl. The number of nitrogens with zero attached hydrogens (tertiary/aromatic N) is 4. The minimum absolute atomic E-state index is 0.0688. The van der Waals surface area contributed by atoms with Gasteiger partial charge in [0.25, 0.3) is 0 Å². The second kappa shape index (κ2) is 11.0. The molecule has 0 bridgehead atoms. The zero-order valence-corrected chi connectivity index (χ0v) is 24.3. The number of sulfonamides is 1. The monoisotopic (exact) mass is 600 g/mol. The molecule has 0 spiro atoms. The summed E-state index contributed by atoms with van der Waals surface area (Å²) >= 11 is 13.2. The number of carboxylic acids is 1. The second-order valence-corrected chi connectivity index (χ2v) is 18.5. The number of aromatic nitrogens is 3. The van der Waals surface area contributed by atoms with Crippen LogP contribution >= 0.6 is 23.2 Å². The van der Waals surface area contributed by atoms with Crippen LogP contribution in [0.2, 0.25) is 35.9 Å². The highest BCUT2D eigenvalue weighted by molar-refractivity contribution is 7.89. The minimum Gasteiger partial charge on any atom is -0.481 e. The summed E-state index contributed by atoms with van der Waals surface area (Å²) in [6.07, 6.45) is 1.07. The van der Waals surface area contributed by atoms with Gasteiger partial charge in [-0.15, -0.1) is 0 Å². The van der Waals surface area contributed by atoms with Gasteiger partial charge in [-0.25, -0.2) is 22.8 Å². The average Bonchev–Trinajstić information content (AvgIpc) is 3.11. The van der Waals surface area contributed by atoms with Crippen LogP contribution in [0.4, 0.5) is 4.39 Å². The molecule has 1 N–H and O–H groups in total. The third-order valence-corrected chi connectivity index (χ3v) is 10.3. The lowest BCUT2D eigenvalue weighted by Crippen LogP contribution is -2.52. The molecule has 9 nitrogen and oxygen atoms in total. The molecule has 4 rings (SSSR count). The van der Waals surface area contributed by atoms with E-state index in [1.165, 1.54) is 30.3 Å². The lowest BCUT2D eigenvalue weighted by molar-refractivity contribution is -0.145. The van der Waals surface area contributed by atoms with Gasteiger partial charge in [0, 0.05) is 33.3 Å². The Kier molecular flexibility index (Phi) is 8.31. The van der Waals surface area contributed by atoms with Crippen LogP contribution < -0.4 is 0 Å². The summed E-state index contributed by atoms with van der Waals surface area (Å²) in [7, 11) is -5.23. The van der Waals surface area contributed by atoms with E-state index in [1.807, 2.05) is 0 Å². The Hall–Kier alpha value is -2.35. The predicted octanol–water partition coefficient (Wildman–Crippen LogP) is 5.08. The van der Waals surface area contributed by atoms with Gasteiger partial charge in [-0.05, 0) is 36.4 Å². The summed E-state index contributed by atoms with van der Waals surface area (Å²) in [6, 6.07) is 7.85. The summed E-state index contributed by atoms with van der Waals surface area (Å²) in [5.41, 5.74) is 1.03. The fraction of sp³-hybridized carbons (Fsp3) is 0.375. The normalized spacial score (nSPS) is 15.0. The molecule has 0 saturated carbocycles. The number of rotatable bonds is 10. The fourth-order valence-corrected chi connectivity index (χ4v) is 6.67. The van der Waals surface area contributed by atoms with Gasteiger partial charge in [-0.3, -0.25) is 9.36 Å². The van der Waals surface area contributed by atoms with Gasteiger partial charge in [0.1, 0.15) is 29.1 Å². The van der Waals surface area contributed by atoms with E-state index in [9.17, 15) is 17.6 Å². The molecule has 1 aromatic carbocycles. The van der Waals surface area contributed by atoms with E-state index in [1.54, 1.807) is 4.57 Å². The van der Waals surface area contributed by atoms with Gasteiger partial charge in [0.2, 0.25) is 10.0 Å². The van der Waals surface area contributed by atoms with Gasteiger partial charge in [-0.2, -0.15) is 4.31 Å². The van der Waals surface area contributed by atoms with E-state index in [4.69, 9.17) is 33.0 Å². The van der Waals surface area contributed by atoms with Crippen LogP contribution in [0.25, 0.3) is 22.8 Å². The zero-order valence-electron chi connectivity index (χ0n) is 21.0. The maximum Gasteiger partial charge on any atom is 0.309 e. The maximum atomic E-state index is 13.5. The predicted molar refractivity (Wildman–Crippen MR) is 145 cm³/mol. The number of aliphatic carboxylic acids is 1. The largest absolute Gasteiger partial charge is 0.481 e. The molecule has 1 fully saturated rings. The van der Waals surface area contributed by atoms with Crippen molar-refractivity contribution in [2.24, 2.45) is 5.92 Å². The molecule has 1 aliphatic heterocycles. The second-order valence-electron chi connectivity index (χ2n) is 10.2. The molecule has 14 heteroatoms. The van der Waals surface area contributed by atoms with E-state index in [2.05, 4.69) is 29.6 Å². The number of hydrogen-bond donors (Lipinski definition) is 1. The van der Waals surface area contributed by atoms with Crippen molar-refractivity contribution in [3.8, 4) is 22.8 Å². The maximum absolute atomic E-state index is 13.5. The topological polar surface area (TPSA) is 115 Å². The molecule has 2 aromatic heterocycles. The van der Waals surface area contributed by atoms with E-state index in [0.717, 1.165) is 16.5 Å². The lowest BCUT2D eigenvalue weighted by Gasteiger charge is -2.35. The van der Waals surface area contributed by atoms with Crippen molar-refractivity contribution in [3.63, 3.8) is 0 Å². The van der Waals surface area contributed by atoms with Crippen molar-refractivity contribution < 1.29 is 27.4 Å². The molecule has 0 unspecified atom stereocenters. The van der Waals surface area contributed by atoms with Gasteiger partial charge in [0.15, 0.2) is 5.82 Å². The summed E-state index contributed by atoms with van der Waals surface area (Å²) in [6.45, 7) is 7.13. The van der Waals surface area contributed by atoms with Crippen LogP contribution in [-0.2, 0) is 26.3 Å². The van der Waals surface area contributed by atoms with Crippen LogP contribution in [-0.4, -0.2) is 66.1 Å². The van der Waals surface area contributed by atoms with Crippen molar-refractivity contribution in [2.45, 2.75) is 37.3 Å². The number of halogens is 3. The molecular formula is C24H27Cl2FN4O5SSi. The molecular weight excluding hydrogens is 574 g/mol. The summed E-state index contributed by atoms with van der Waals surface area (Å²) in [5.74, 6) is -1.92.